The van der Waals surface area contributed by atoms with Crippen LogP contribution >= 0.6 is 0 Å². The number of allylic oxidation sites excluding steroid dienone is 1. The van der Waals surface area contributed by atoms with Crippen LogP contribution in [0.3, 0.4) is 0 Å². The van der Waals surface area contributed by atoms with E-state index in [1.54, 1.807) is 5.57 Å². The summed E-state index contributed by atoms with van der Waals surface area (Å²) < 4.78 is 0. The van der Waals surface area contributed by atoms with Crippen molar-refractivity contribution in [3.05, 3.63) is 41.5 Å². The Kier molecular flexibility index (Phi) is 5.81. The van der Waals surface area contributed by atoms with Crippen molar-refractivity contribution < 1.29 is 4.79 Å². The Morgan fingerprint density at radius 3 is 2.65 bits per heavy atom. The van der Waals surface area contributed by atoms with Gasteiger partial charge in [0.05, 0.1) is 0 Å². The summed E-state index contributed by atoms with van der Waals surface area (Å²) in [4.78, 5) is 10.9. The minimum Gasteiger partial charge on any atom is -0.326 e. The molecule has 1 aliphatic carbocycles. The highest BCUT2D eigenvalue weighted by atomic mass is 16.1. The first kappa shape index (κ1) is 14.8. The minimum atomic E-state index is -0.0309. The zero-order valence-corrected chi connectivity index (χ0v) is 12.2. The Labute approximate surface area is 121 Å². The Morgan fingerprint density at radius 2 is 2.00 bits per heavy atom. The average Bonchev–Trinajstić information content (AvgIpc) is 2.46. The van der Waals surface area contributed by atoms with Gasteiger partial charge in [-0.15, -0.1) is 0 Å². The molecule has 0 unspecified atom stereocenters. The van der Waals surface area contributed by atoms with E-state index in [-0.39, 0.29) is 5.91 Å². The van der Waals surface area contributed by atoms with Gasteiger partial charge in [0, 0.05) is 19.2 Å². The molecule has 0 saturated carbocycles. The third-order valence-electron chi connectivity index (χ3n) is 3.61. The largest absolute Gasteiger partial charge is 0.326 e. The van der Waals surface area contributed by atoms with Crippen molar-refractivity contribution in [2.45, 2.75) is 45.6 Å². The first-order valence-corrected chi connectivity index (χ1v) is 7.49. The molecule has 0 fully saturated rings. The summed E-state index contributed by atoms with van der Waals surface area (Å²) in [7, 11) is 0. The van der Waals surface area contributed by atoms with Crippen LogP contribution in [0.5, 0.6) is 0 Å². The fourth-order valence-corrected chi connectivity index (χ4v) is 2.52. The van der Waals surface area contributed by atoms with Gasteiger partial charge in [-0.25, -0.2) is 0 Å². The fraction of sp³-hybridized carbons (Fsp3) is 0.471. The second-order valence-corrected chi connectivity index (χ2v) is 5.41. The van der Waals surface area contributed by atoms with Crippen LogP contribution in [0.4, 0.5) is 5.69 Å². The second kappa shape index (κ2) is 7.85. The highest BCUT2D eigenvalue weighted by molar-refractivity contribution is 5.88. The number of hydrogen-bond acceptors (Lipinski definition) is 2. The van der Waals surface area contributed by atoms with E-state index in [0.29, 0.717) is 0 Å². The number of benzene rings is 1. The molecule has 3 nitrogen and oxygen atoms in total. The molecule has 0 bridgehead atoms. The number of anilines is 1. The molecule has 0 aliphatic heterocycles. The number of nitrogens with one attached hydrogen (secondary N) is 2. The highest BCUT2D eigenvalue weighted by Crippen LogP contribution is 2.19. The number of rotatable bonds is 6. The molecule has 1 aromatic rings. The standard InChI is InChI=1S/C17H24N2O/c1-14(20)19-17-9-7-16(8-10-17)13-18-12-11-15-5-3-2-4-6-15/h5,7-10,18H,2-4,6,11-13H2,1H3,(H,19,20). The second-order valence-electron chi connectivity index (χ2n) is 5.41. The molecular weight excluding hydrogens is 248 g/mol. The monoisotopic (exact) mass is 272 g/mol. The summed E-state index contributed by atoms with van der Waals surface area (Å²) >= 11 is 0. The molecule has 0 heterocycles. The molecule has 2 rings (SSSR count). The first-order valence-electron chi connectivity index (χ1n) is 7.49. The van der Waals surface area contributed by atoms with Crippen molar-refractivity contribution >= 4 is 11.6 Å². The summed E-state index contributed by atoms with van der Waals surface area (Å²) in [5.74, 6) is -0.0309. The minimum absolute atomic E-state index is 0.0309. The maximum absolute atomic E-state index is 10.9. The molecular formula is C17H24N2O. The van der Waals surface area contributed by atoms with E-state index in [4.69, 9.17) is 0 Å². The summed E-state index contributed by atoms with van der Waals surface area (Å²) in [5, 5.41) is 6.26. The molecule has 0 atom stereocenters. The van der Waals surface area contributed by atoms with Crippen LogP contribution in [0, 0.1) is 0 Å². The van der Waals surface area contributed by atoms with Crippen molar-refractivity contribution in [2.75, 3.05) is 11.9 Å². The van der Waals surface area contributed by atoms with Gasteiger partial charge in [-0.05, 0) is 56.3 Å². The SMILES string of the molecule is CC(=O)Nc1ccc(CNCCC2=CCCCC2)cc1. The molecule has 3 heteroatoms. The number of amides is 1. The predicted octanol–water partition coefficient (Wildman–Crippen LogP) is 3.63. The Bertz CT molecular complexity index is 462. The fourth-order valence-electron chi connectivity index (χ4n) is 2.52. The first-order chi connectivity index (χ1) is 9.74. The molecule has 0 aromatic heterocycles. The average molecular weight is 272 g/mol. The third-order valence-corrected chi connectivity index (χ3v) is 3.61. The van der Waals surface area contributed by atoms with Crippen LogP contribution in [-0.2, 0) is 11.3 Å². The number of carbonyl (C=O) groups is 1. The predicted molar refractivity (Wildman–Crippen MR) is 83.6 cm³/mol. The lowest BCUT2D eigenvalue weighted by Crippen LogP contribution is -2.15. The van der Waals surface area contributed by atoms with E-state index < -0.39 is 0 Å². The van der Waals surface area contributed by atoms with Gasteiger partial charge in [0.15, 0.2) is 0 Å². The van der Waals surface area contributed by atoms with Crippen LogP contribution in [0.2, 0.25) is 0 Å². The molecule has 0 radical (unpaired) electrons. The third kappa shape index (κ3) is 5.17. The smallest absolute Gasteiger partial charge is 0.221 e. The molecule has 20 heavy (non-hydrogen) atoms. The van der Waals surface area contributed by atoms with Crippen molar-refractivity contribution in [1.29, 1.82) is 0 Å². The van der Waals surface area contributed by atoms with Gasteiger partial charge >= 0.3 is 0 Å². The number of carbonyl (C=O) groups excluding carboxylic acids is 1. The molecule has 1 amide bonds. The van der Waals surface area contributed by atoms with Gasteiger partial charge in [-0.3, -0.25) is 4.79 Å². The molecule has 108 valence electrons. The van der Waals surface area contributed by atoms with Crippen molar-refractivity contribution in [3.63, 3.8) is 0 Å². The lowest BCUT2D eigenvalue weighted by molar-refractivity contribution is -0.114. The van der Waals surface area contributed by atoms with Crippen molar-refractivity contribution in [2.24, 2.45) is 0 Å². The lowest BCUT2D eigenvalue weighted by atomic mass is 9.97. The summed E-state index contributed by atoms with van der Waals surface area (Å²) in [6.07, 6.45) is 8.85. The van der Waals surface area contributed by atoms with Gasteiger partial charge in [0.1, 0.15) is 0 Å². The molecule has 0 saturated heterocycles. The molecule has 1 aliphatic rings. The maximum atomic E-state index is 10.9. The molecule has 1 aromatic carbocycles. The lowest BCUT2D eigenvalue weighted by Gasteiger charge is -2.13. The van der Waals surface area contributed by atoms with Gasteiger partial charge in [0.2, 0.25) is 5.91 Å². The van der Waals surface area contributed by atoms with Crippen molar-refractivity contribution in [3.8, 4) is 0 Å². The Hall–Kier alpha value is -1.61. The van der Waals surface area contributed by atoms with Gasteiger partial charge in [-0.2, -0.15) is 0 Å². The van der Waals surface area contributed by atoms with Crippen LogP contribution < -0.4 is 10.6 Å². The van der Waals surface area contributed by atoms with Gasteiger partial charge < -0.3 is 10.6 Å². The van der Waals surface area contributed by atoms with Crippen LogP contribution in [0.25, 0.3) is 0 Å². The zero-order chi connectivity index (χ0) is 14.2. The summed E-state index contributed by atoms with van der Waals surface area (Å²) in [5.41, 5.74) is 3.72. The summed E-state index contributed by atoms with van der Waals surface area (Å²) in [6.45, 7) is 3.45. The van der Waals surface area contributed by atoms with E-state index in [2.05, 4.69) is 28.8 Å². The van der Waals surface area contributed by atoms with Crippen LogP contribution in [0.1, 0.15) is 44.6 Å². The van der Waals surface area contributed by atoms with Crippen molar-refractivity contribution in [1.82, 2.24) is 5.32 Å². The highest BCUT2D eigenvalue weighted by Gasteiger charge is 2.03. The molecule has 0 spiro atoms. The van der Waals surface area contributed by atoms with Crippen LogP contribution in [-0.4, -0.2) is 12.5 Å². The van der Waals surface area contributed by atoms with E-state index in [0.717, 1.165) is 18.8 Å². The van der Waals surface area contributed by atoms with E-state index in [9.17, 15) is 4.79 Å². The number of hydrogen-bond donors (Lipinski definition) is 2. The molecule has 2 N–H and O–H groups in total. The summed E-state index contributed by atoms with van der Waals surface area (Å²) in [6, 6.07) is 8.00. The van der Waals surface area contributed by atoms with E-state index in [1.807, 2.05) is 12.1 Å². The maximum Gasteiger partial charge on any atom is 0.221 e. The van der Waals surface area contributed by atoms with Gasteiger partial charge in [-0.1, -0.05) is 23.8 Å². The van der Waals surface area contributed by atoms with E-state index >= 15 is 0 Å². The zero-order valence-electron chi connectivity index (χ0n) is 12.2. The van der Waals surface area contributed by atoms with Crippen LogP contribution in [0.15, 0.2) is 35.9 Å². The quantitative estimate of drug-likeness (QED) is 0.613. The Balaban J connectivity index is 1.68. The normalized spacial score (nSPS) is 14.8. The topological polar surface area (TPSA) is 41.1 Å². The Morgan fingerprint density at radius 1 is 1.20 bits per heavy atom. The van der Waals surface area contributed by atoms with Gasteiger partial charge in [0.25, 0.3) is 0 Å². The van der Waals surface area contributed by atoms with E-state index in [1.165, 1.54) is 44.6 Å².